The first kappa shape index (κ1) is 12.0. The Hall–Kier alpha value is -1.48. The standard InChI is InChI=1S/C14H15NOS/c1-3-11-9-10-13(16-2)15-14(11)17-12-7-5-4-6-8-12/h4-10H,3H2,1-2H3. The third-order valence-electron chi connectivity index (χ3n) is 2.46. The van der Waals surface area contributed by atoms with Gasteiger partial charge in [0.05, 0.1) is 7.11 Å². The SMILES string of the molecule is CCc1ccc(OC)nc1Sc1ccccc1. The van der Waals surface area contributed by atoms with Gasteiger partial charge in [0.15, 0.2) is 0 Å². The van der Waals surface area contributed by atoms with Gasteiger partial charge in [-0.25, -0.2) is 4.98 Å². The summed E-state index contributed by atoms with van der Waals surface area (Å²) in [7, 11) is 1.64. The van der Waals surface area contributed by atoms with Gasteiger partial charge in [0.25, 0.3) is 0 Å². The summed E-state index contributed by atoms with van der Waals surface area (Å²) >= 11 is 1.68. The van der Waals surface area contributed by atoms with Crippen molar-refractivity contribution >= 4 is 11.8 Å². The van der Waals surface area contributed by atoms with Crippen molar-refractivity contribution in [3.05, 3.63) is 48.0 Å². The van der Waals surface area contributed by atoms with Gasteiger partial charge in [-0.1, -0.05) is 43.0 Å². The molecule has 1 aromatic heterocycles. The first-order valence-electron chi connectivity index (χ1n) is 5.60. The zero-order valence-corrected chi connectivity index (χ0v) is 10.8. The van der Waals surface area contributed by atoms with E-state index < -0.39 is 0 Å². The summed E-state index contributed by atoms with van der Waals surface area (Å²) in [5, 5.41) is 1.03. The molecule has 0 spiro atoms. The summed E-state index contributed by atoms with van der Waals surface area (Å²) in [5.74, 6) is 0.667. The first-order valence-corrected chi connectivity index (χ1v) is 6.42. The van der Waals surface area contributed by atoms with Crippen LogP contribution < -0.4 is 4.74 Å². The molecule has 2 nitrogen and oxygen atoms in total. The van der Waals surface area contributed by atoms with Gasteiger partial charge in [-0.15, -0.1) is 0 Å². The normalized spacial score (nSPS) is 10.2. The lowest BCUT2D eigenvalue weighted by Crippen LogP contribution is -1.93. The zero-order valence-electron chi connectivity index (χ0n) is 10.0. The minimum atomic E-state index is 0.667. The smallest absolute Gasteiger partial charge is 0.214 e. The van der Waals surface area contributed by atoms with Gasteiger partial charge in [0.2, 0.25) is 5.88 Å². The van der Waals surface area contributed by atoms with E-state index in [4.69, 9.17) is 4.74 Å². The third kappa shape index (κ3) is 3.01. The Labute approximate surface area is 106 Å². The van der Waals surface area contributed by atoms with Crippen LogP contribution in [0.5, 0.6) is 5.88 Å². The fraction of sp³-hybridized carbons (Fsp3) is 0.214. The maximum Gasteiger partial charge on any atom is 0.214 e. The van der Waals surface area contributed by atoms with E-state index in [9.17, 15) is 0 Å². The molecule has 88 valence electrons. The maximum absolute atomic E-state index is 5.17. The molecule has 0 radical (unpaired) electrons. The number of rotatable bonds is 4. The second-order valence-electron chi connectivity index (χ2n) is 3.59. The van der Waals surface area contributed by atoms with E-state index in [1.54, 1.807) is 18.9 Å². The molecular weight excluding hydrogens is 230 g/mol. The van der Waals surface area contributed by atoms with E-state index in [0.29, 0.717) is 5.88 Å². The molecule has 1 aromatic carbocycles. The molecular formula is C14H15NOS. The molecule has 1 heterocycles. The number of aromatic nitrogens is 1. The van der Waals surface area contributed by atoms with Gasteiger partial charge < -0.3 is 4.74 Å². The maximum atomic E-state index is 5.17. The van der Waals surface area contributed by atoms with E-state index in [1.807, 2.05) is 24.3 Å². The molecule has 0 aliphatic carbocycles. The molecule has 0 aliphatic heterocycles. The second-order valence-corrected chi connectivity index (χ2v) is 4.65. The van der Waals surface area contributed by atoms with Gasteiger partial charge in [-0.2, -0.15) is 0 Å². The lowest BCUT2D eigenvalue weighted by molar-refractivity contribution is 0.394. The Kier molecular flexibility index (Phi) is 4.04. The van der Waals surface area contributed by atoms with Crippen molar-refractivity contribution in [3.8, 4) is 5.88 Å². The monoisotopic (exact) mass is 245 g/mol. The second kappa shape index (κ2) is 5.73. The van der Waals surface area contributed by atoms with Gasteiger partial charge in [0, 0.05) is 11.0 Å². The molecule has 2 rings (SSSR count). The molecule has 0 aliphatic rings. The highest BCUT2D eigenvalue weighted by Crippen LogP contribution is 2.30. The molecule has 3 heteroatoms. The van der Waals surface area contributed by atoms with Crippen LogP contribution in [0.2, 0.25) is 0 Å². The minimum absolute atomic E-state index is 0.667. The van der Waals surface area contributed by atoms with E-state index in [1.165, 1.54) is 10.5 Å². The Balaban J connectivity index is 2.30. The van der Waals surface area contributed by atoms with Crippen LogP contribution in [0.15, 0.2) is 52.4 Å². The molecule has 0 atom stereocenters. The van der Waals surface area contributed by atoms with Crippen LogP contribution in [0.25, 0.3) is 0 Å². The molecule has 0 saturated carbocycles. The number of benzene rings is 1. The summed E-state index contributed by atoms with van der Waals surface area (Å²) in [5.41, 5.74) is 1.25. The highest BCUT2D eigenvalue weighted by molar-refractivity contribution is 7.99. The molecule has 0 fully saturated rings. The van der Waals surface area contributed by atoms with Crippen molar-refractivity contribution in [1.82, 2.24) is 4.98 Å². The van der Waals surface area contributed by atoms with E-state index in [2.05, 4.69) is 30.1 Å². The Bertz CT molecular complexity index is 485. The van der Waals surface area contributed by atoms with Crippen LogP contribution >= 0.6 is 11.8 Å². The summed E-state index contributed by atoms with van der Waals surface area (Å²) in [6, 6.07) is 14.3. The Morgan fingerprint density at radius 1 is 1.12 bits per heavy atom. The summed E-state index contributed by atoms with van der Waals surface area (Å²) in [6.45, 7) is 2.14. The highest BCUT2D eigenvalue weighted by Gasteiger charge is 2.06. The Morgan fingerprint density at radius 3 is 2.53 bits per heavy atom. The molecule has 17 heavy (non-hydrogen) atoms. The van der Waals surface area contributed by atoms with Crippen LogP contribution in [0.3, 0.4) is 0 Å². The number of nitrogens with zero attached hydrogens (tertiary/aromatic N) is 1. The zero-order chi connectivity index (χ0) is 12.1. The van der Waals surface area contributed by atoms with Crippen molar-refractivity contribution in [1.29, 1.82) is 0 Å². The number of hydrogen-bond donors (Lipinski definition) is 0. The largest absolute Gasteiger partial charge is 0.481 e. The average Bonchev–Trinajstić information content (AvgIpc) is 2.40. The first-order chi connectivity index (χ1) is 8.33. The topological polar surface area (TPSA) is 22.1 Å². The van der Waals surface area contributed by atoms with Crippen LogP contribution in [-0.4, -0.2) is 12.1 Å². The van der Waals surface area contributed by atoms with Crippen LogP contribution in [-0.2, 0) is 6.42 Å². The summed E-state index contributed by atoms with van der Waals surface area (Å²) < 4.78 is 5.17. The number of ether oxygens (including phenoxy) is 1. The number of pyridine rings is 1. The van der Waals surface area contributed by atoms with Gasteiger partial charge >= 0.3 is 0 Å². The fourth-order valence-electron chi connectivity index (χ4n) is 1.52. The van der Waals surface area contributed by atoms with E-state index in [-0.39, 0.29) is 0 Å². The predicted molar refractivity (Wildman–Crippen MR) is 70.7 cm³/mol. The van der Waals surface area contributed by atoms with E-state index in [0.717, 1.165) is 11.4 Å². The van der Waals surface area contributed by atoms with Crippen LogP contribution in [0.1, 0.15) is 12.5 Å². The number of aryl methyl sites for hydroxylation is 1. The van der Waals surface area contributed by atoms with Crippen molar-refractivity contribution in [2.75, 3.05) is 7.11 Å². The van der Waals surface area contributed by atoms with Crippen molar-refractivity contribution in [2.45, 2.75) is 23.3 Å². The molecule has 0 amide bonds. The highest BCUT2D eigenvalue weighted by atomic mass is 32.2. The van der Waals surface area contributed by atoms with Crippen molar-refractivity contribution in [2.24, 2.45) is 0 Å². The summed E-state index contributed by atoms with van der Waals surface area (Å²) in [4.78, 5) is 5.70. The van der Waals surface area contributed by atoms with Crippen LogP contribution in [0, 0.1) is 0 Å². The fourth-order valence-corrected chi connectivity index (χ4v) is 2.52. The lowest BCUT2D eigenvalue weighted by atomic mass is 10.2. The van der Waals surface area contributed by atoms with Crippen molar-refractivity contribution in [3.63, 3.8) is 0 Å². The lowest BCUT2D eigenvalue weighted by Gasteiger charge is -2.08. The number of hydrogen-bond acceptors (Lipinski definition) is 3. The molecule has 2 aromatic rings. The van der Waals surface area contributed by atoms with Gasteiger partial charge in [-0.3, -0.25) is 0 Å². The van der Waals surface area contributed by atoms with E-state index >= 15 is 0 Å². The predicted octanol–water partition coefficient (Wildman–Crippen LogP) is 3.80. The van der Waals surface area contributed by atoms with Crippen LogP contribution in [0.4, 0.5) is 0 Å². The Morgan fingerprint density at radius 2 is 1.88 bits per heavy atom. The van der Waals surface area contributed by atoms with Gasteiger partial charge in [-0.05, 0) is 24.1 Å². The third-order valence-corrected chi connectivity index (χ3v) is 3.52. The quantitative estimate of drug-likeness (QED) is 0.818. The molecule has 0 N–H and O–H groups in total. The summed E-state index contributed by atoms with van der Waals surface area (Å²) in [6.07, 6.45) is 0.978. The molecule has 0 saturated heterocycles. The number of methoxy groups -OCH3 is 1. The van der Waals surface area contributed by atoms with Crippen molar-refractivity contribution < 1.29 is 4.74 Å². The molecule has 0 bridgehead atoms. The molecule has 0 unspecified atom stereocenters. The average molecular weight is 245 g/mol. The minimum Gasteiger partial charge on any atom is -0.481 e. The van der Waals surface area contributed by atoms with Gasteiger partial charge in [0.1, 0.15) is 5.03 Å².